The standard InChI is InChI=1S/C12H17Br2NO/c1-2-12(4-3-5-12)8-15-7-9-6-10(13)11(14)16-9/h6,15H,2-5,7-8H2,1H3. The molecule has 90 valence electrons. The molecular weight excluding hydrogens is 334 g/mol. The molecule has 1 aliphatic carbocycles. The first-order valence-corrected chi connectivity index (χ1v) is 7.38. The predicted molar refractivity (Wildman–Crippen MR) is 72.4 cm³/mol. The average Bonchev–Trinajstić information content (AvgIpc) is 2.51. The van der Waals surface area contributed by atoms with Gasteiger partial charge in [-0.15, -0.1) is 0 Å². The van der Waals surface area contributed by atoms with E-state index < -0.39 is 0 Å². The van der Waals surface area contributed by atoms with Gasteiger partial charge in [0.2, 0.25) is 0 Å². The number of halogens is 2. The Morgan fingerprint density at radius 3 is 2.62 bits per heavy atom. The Bertz CT molecular complexity index is 333. The van der Waals surface area contributed by atoms with Crippen molar-refractivity contribution in [3.8, 4) is 0 Å². The largest absolute Gasteiger partial charge is 0.452 e. The van der Waals surface area contributed by atoms with Crippen molar-refractivity contribution in [2.24, 2.45) is 5.41 Å². The molecule has 1 saturated carbocycles. The second-order valence-corrected chi connectivity index (χ2v) is 6.22. The first-order chi connectivity index (χ1) is 7.65. The molecule has 0 amide bonds. The maximum atomic E-state index is 5.52. The quantitative estimate of drug-likeness (QED) is 0.847. The van der Waals surface area contributed by atoms with Crippen LogP contribution in [0.2, 0.25) is 0 Å². The zero-order chi connectivity index (χ0) is 11.6. The van der Waals surface area contributed by atoms with Gasteiger partial charge in [0.25, 0.3) is 0 Å². The number of furan rings is 1. The lowest BCUT2D eigenvalue weighted by Crippen LogP contribution is -2.39. The van der Waals surface area contributed by atoms with Gasteiger partial charge < -0.3 is 9.73 Å². The van der Waals surface area contributed by atoms with E-state index in [0.29, 0.717) is 5.41 Å². The van der Waals surface area contributed by atoms with Crippen molar-refractivity contribution < 1.29 is 4.42 Å². The molecule has 2 nitrogen and oxygen atoms in total. The monoisotopic (exact) mass is 349 g/mol. The molecule has 0 spiro atoms. The number of rotatable bonds is 5. The molecule has 0 radical (unpaired) electrons. The Hall–Kier alpha value is 0.200. The third-order valence-corrected chi connectivity index (χ3v) is 5.37. The van der Waals surface area contributed by atoms with Gasteiger partial charge in [-0.25, -0.2) is 0 Å². The minimum absolute atomic E-state index is 0.570. The van der Waals surface area contributed by atoms with Crippen molar-refractivity contribution >= 4 is 31.9 Å². The summed E-state index contributed by atoms with van der Waals surface area (Å²) in [6, 6.07) is 2.01. The Morgan fingerprint density at radius 2 is 2.19 bits per heavy atom. The van der Waals surface area contributed by atoms with Crippen LogP contribution >= 0.6 is 31.9 Å². The van der Waals surface area contributed by atoms with E-state index in [1.165, 1.54) is 25.7 Å². The highest BCUT2D eigenvalue weighted by molar-refractivity contribution is 9.13. The lowest BCUT2D eigenvalue weighted by molar-refractivity contribution is 0.123. The molecule has 0 atom stereocenters. The van der Waals surface area contributed by atoms with Gasteiger partial charge >= 0.3 is 0 Å². The van der Waals surface area contributed by atoms with Crippen LogP contribution in [0.3, 0.4) is 0 Å². The highest BCUT2D eigenvalue weighted by Gasteiger charge is 2.34. The van der Waals surface area contributed by atoms with Crippen LogP contribution in [0.1, 0.15) is 38.4 Å². The molecule has 0 unspecified atom stereocenters. The van der Waals surface area contributed by atoms with Gasteiger partial charge in [0.15, 0.2) is 4.67 Å². The van der Waals surface area contributed by atoms with Gasteiger partial charge in [0, 0.05) is 6.54 Å². The summed E-state index contributed by atoms with van der Waals surface area (Å²) in [5, 5.41) is 3.50. The summed E-state index contributed by atoms with van der Waals surface area (Å²) < 4.78 is 7.28. The van der Waals surface area contributed by atoms with Gasteiger partial charge in [-0.05, 0) is 62.6 Å². The fraction of sp³-hybridized carbons (Fsp3) is 0.667. The fourth-order valence-corrected chi connectivity index (χ4v) is 2.92. The van der Waals surface area contributed by atoms with Crippen molar-refractivity contribution in [2.45, 2.75) is 39.2 Å². The van der Waals surface area contributed by atoms with E-state index in [-0.39, 0.29) is 0 Å². The molecule has 1 fully saturated rings. The van der Waals surface area contributed by atoms with Gasteiger partial charge in [0.05, 0.1) is 11.0 Å². The van der Waals surface area contributed by atoms with E-state index in [4.69, 9.17) is 4.42 Å². The Balaban J connectivity index is 1.79. The van der Waals surface area contributed by atoms with Gasteiger partial charge in [-0.3, -0.25) is 0 Å². The Labute approximate surface area is 113 Å². The summed E-state index contributed by atoms with van der Waals surface area (Å²) in [5.74, 6) is 0.976. The summed E-state index contributed by atoms with van der Waals surface area (Å²) in [6.07, 6.45) is 5.43. The highest BCUT2D eigenvalue weighted by Crippen LogP contribution is 2.43. The van der Waals surface area contributed by atoms with Crippen LogP contribution in [-0.4, -0.2) is 6.54 Å². The summed E-state index contributed by atoms with van der Waals surface area (Å²) in [4.78, 5) is 0. The molecule has 0 bridgehead atoms. The van der Waals surface area contributed by atoms with Crippen molar-refractivity contribution in [3.63, 3.8) is 0 Å². The molecule has 2 rings (SSSR count). The first-order valence-electron chi connectivity index (χ1n) is 5.80. The molecule has 1 aliphatic rings. The van der Waals surface area contributed by atoms with Gasteiger partial charge in [-0.1, -0.05) is 13.3 Å². The Kier molecular flexibility index (Phi) is 4.14. The maximum Gasteiger partial charge on any atom is 0.183 e. The van der Waals surface area contributed by atoms with E-state index in [0.717, 1.165) is 28.0 Å². The maximum absolute atomic E-state index is 5.52. The predicted octanol–water partition coefficient (Wildman–Crippen LogP) is 4.47. The summed E-state index contributed by atoms with van der Waals surface area (Å²) >= 11 is 6.76. The van der Waals surface area contributed by atoms with Crippen molar-refractivity contribution in [1.29, 1.82) is 0 Å². The van der Waals surface area contributed by atoms with Crippen LogP contribution in [-0.2, 0) is 6.54 Å². The van der Waals surface area contributed by atoms with Crippen molar-refractivity contribution in [2.75, 3.05) is 6.54 Å². The molecule has 0 saturated heterocycles. The fourth-order valence-electron chi connectivity index (χ4n) is 2.26. The van der Waals surface area contributed by atoms with E-state index >= 15 is 0 Å². The summed E-state index contributed by atoms with van der Waals surface area (Å²) in [6.45, 7) is 4.21. The van der Waals surface area contributed by atoms with Crippen molar-refractivity contribution in [1.82, 2.24) is 5.32 Å². The number of nitrogens with one attached hydrogen (secondary N) is 1. The molecule has 16 heavy (non-hydrogen) atoms. The minimum Gasteiger partial charge on any atom is -0.452 e. The molecule has 0 aromatic carbocycles. The zero-order valence-corrected chi connectivity index (χ0v) is 12.7. The van der Waals surface area contributed by atoms with E-state index in [1.807, 2.05) is 6.07 Å². The van der Waals surface area contributed by atoms with Crippen LogP contribution < -0.4 is 5.32 Å². The number of hydrogen-bond donors (Lipinski definition) is 1. The Morgan fingerprint density at radius 1 is 1.44 bits per heavy atom. The zero-order valence-electron chi connectivity index (χ0n) is 9.48. The normalized spacial score (nSPS) is 18.4. The molecule has 0 aliphatic heterocycles. The van der Waals surface area contributed by atoms with E-state index in [2.05, 4.69) is 44.1 Å². The third-order valence-electron chi connectivity index (χ3n) is 3.66. The number of hydrogen-bond acceptors (Lipinski definition) is 2. The van der Waals surface area contributed by atoms with Gasteiger partial charge in [-0.2, -0.15) is 0 Å². The molecule has 4 heteroatoms. The summed E-state index contributed by atoms with van der Waals surface area (Å²) in [7, 11) is 0. The summed E-state index contributed by atoms with van der Waals surface area (Å²) in [5.41, 5.74) is 0.570. The van der Waals surface area contributed by atoms with E-state index in [1.54, 1.807) is 0 Å². The molecule has 1 aromatic heterocycles. The topological polar surface area (TPSA) is 25.2 Å². The van der Waals surface area contributed by atoms with E-state index in [9.17, 15) is 0 Å². The average molecular weight is 351 g/mol. The molecule has 1 N–H and O–H groups in total. The van der Waals surface area contributed by atoms with Crippen LogP contribution in [0.4, 0.5) is 0 Å². The lowest BCUT2D eigenvalue weighted by Gasteiger charge is -2.41. The van der Waals surface area contributed by atoms with Crippen molar-refractivity contribution in [3.05, 3.63) is 21.0 Å². The van der Waals surface area contributed by atoms with Crippen LogP contribution in [0.5, 0.6) is 0 Å². The highest BCUT2D eigenvalue weighted by atomic mass is 79.9. The van der Waals surface area contributed by atoms with Gasteiger partial charge in [0.1, 0.15) is 5.76 Å². The lowest BCUT2D eigenvalue weighted by atomic mass is 9.67. The van der Waals surface area contributed by atoms with Crippen LogP contribution in [0.15, 0.2) is 19.6 Å². The van der Waals surface area contributed by atoms with Crippen LogP contribution in [0.25, 0.3) is 0 Å². The smallest absolute Gasteiger partial charge is 0.183 e. The second kappa shape index (κ2) is 5.23. The third kappa shape index (κ3) is 2.71. The molecule has 1 heterocycles. The van der Waals surface area contributed by atoms with Crippen LogP contribution in [0, 0.1) is 5.41 Å². The molecular formula is C12H17Br2NO. The second-order valence-electron chi connectivity index (χ2n) is 4.65. The first kappa shape index (κ1) is 12.7. The minimum atomic E-state index is 0.570. The molecule has 1 aromatic rings. The SMILES string of the molecule is CCC1(CNCc2cc(Br)c(Br)o2)CCC1.